The molecule has 0 unspecified atom stereocenters. The van der Waals surface area contributed by atoms with E-state index in [4.69, 9.17) is 0 Å². The van der Waals surface area contributed by atoms with Crippen LogP contribution in [0.2, 0.25) is 0 Å². The molecular weight excluding hydrogens is 372 g/mol. The van der Waals surface area contributed by atoms with Gasteiger partial charge >= 0.3 is 0 Å². The summed E-state index contributed by atoms with van der Waals surface area (Å²) < 4.78 is 0. The second-order valence-electron chi connectivity index (χ2n) is 6.12. The van der Waals surface area contributed by atoms with Gasteiger partial charge in [0.05, 0.1) is 5.56 Å². The maximum atomic E-state index is 12.2. The van der Waals surface area contributed by atoms with E-state index in [1.165, 1.54) is 36.4 Å². The fourth-order valence-corrected chi connectivity index (χ4v) is 2.50. The van der Waals surface area contributed by atoms with Crippen LogP contribution in [-0.4, -0.2) is 27.1 Å². The Morgan fingerprint density at radius 3 is 2.10 bits per heavy atom. The molecule has 0 radical (unpaired) electrons. The van der Waals surface area contributed by atoms with Crippen molar-refractivity contribution in [1.82, 2.24) is 0 Å². The number of anilines is 2. The molecule has 0 aliphatic carbocycles. The molecule has 2 amide bonds. The quantitative estimate of drug-likeness (QED) is 0.259. The summed E-state index contributed by atoms with van der Waals surface area (Å²) in [7, 11) is 0. The Balaban J connectivity index is 1.59. The molecular formula is C22H18N2O5. The van der Waals surface area contributed by atoms with E-state index < -0.39 is 11.8 Å². The SMILES string of the molecule is O=C(/C=C/c1ccc(NC(=O)c2ccccc2O)cc1)Nc1ccc(O)c(O)c1. The monoisotopic (exact) mass is 390 g/mol. The number of amides is 2. The highest BCUT2D eigenvalue weighted by molar-refractivity contribution is 6.06. The largest absolute Gasteiger partial charge is 0.507 e. The molecule has 3 aromatic carbocycles. The fourth-order valence-electron chi connectivity index (χ4n) is 2.50. The van der Waals surface area contributed by atoms with Gasteiger partial charge in [-0.25, -0.2) is 0 Å². The smallest absolute Gasteiger partial charge is 0.259 e. The van der Waals surface area contributed by atoms with E-state index in [1.54, 1.807) is 42.5 Å². The van der Waals surface area contributed by atoms with E-state index in [9.17, 15) is 24.9 Å². The maximum absolute atomic E-state index is 12.2. The minimum absolute atomic E-state index is 0.0995. The Morgan fingerprint density at radius 1 is 0.724 bits per heavy atom. The summed E-state index contributed by atoms with van der Waals surface area (Å²) in [6, 6.07) is 17.0. The third-order valence-corrected chi connectivity index (χ3v) is 3.99. The third kappa shape index (κ3) is 5.14. The van der Waals surface area contributed by atoms with E-state index in [-0.39, 0.29) is 22.8 Å². The second kappa shape index (κ2) is 8.62. The molecule has 7 heteroatoms. The van der Waals surface area contributed by atoms with E-state index in [0.717, 1.165) is 5.56 Å². The van der Waals surface area contributed by atoms with Gasteiger partial charge in [-0.05, 0) is 48.0 Å². The molecule has 0 bridgehead atoms. The van der Waals surface area contributed by atoms with E-state index >= 15 is 0 Å². The minimum atomic E-state index is -0.428. The molecule has 3 rings (SSSR count). The molecule has 0 atom stereocenters. The summed E-state index contributed by atoms with van der Waals surface area (Å²) >= 11 is 0. The van der Waals surface area contributed by atoms with Gasteiger partial charge in [0, 0.05) is 23.5 Å². The van der Waals surface area contributed by atoms with Crippen molar-refractivity contribution in [3.63, 3.8) is 0 Å². The Morgan fingerprint density at radius 2 is 1.41 bits per heavy atom. The van der Waals surface area contributed by atoms with Crippen molar-refractivity contribution in [2.24, 2.45) is 0 Å². The zero-order valence-electron chi connectivity index (χ0n) is 15.2. The third-order valence-electron chi connectivity index (χ3n) is 3.99. The lowest BCUT2D eigenvalue weighted by atomic mass is 10.1. The average molecular weight is 390 g/mol. The minimum Gasteiger partial charge on any atom is -0.507 e. The highest BCUT2D eigenvalue weighted by Gasteiger charge is 2.10. The van der Waals surface area contributed by atoms with Gasteiger partial charge in [-0.1, -0.05) is 24.3 Å². The van der Waals surface area contributed by atoms with Crippen molar-refractivity contribution in [2.45, 2.75) is 0 Å². The van der Waals surface area contributed by atoms with Gasteiger partial charge in [-0.3, -0.25) is 9.59 Å². The summed E-state index contributed by atoms with van der Waals surface area (Å²) in [4.78, 5) is 24.1. The first-order valence-corrected chi connectivity index (χ1v) is 8.63. The van der Waals surface area contributed by atoms with Crippen molar-refractivity contribution in [2.75, 3.05) is 10.6 Å². The Kier molecular flexibility index (Phi) is 5.80. The molecule has 0 spiro atoms. The van der Waals surface area contributed by atoms with Crippen molar-refractivity contribution >= 4 is 29.3 Å². The standard InChI is InChI=1S/C22H18N2O5/c25-18-4-2-1-3-17(18)22(29)24-15-8-5-14(6-9-15)7-12-21(28)23-16-10-11-19(26)20(27)13-16/h1-13,25-27H,(H,23,28)(H,24,29)/b12-7+. The van der Waals surface area contributed by atoms with Crippen LogP contribution in [0.1, 0.15) is 15.9 Å². The average Bonchev–Trinajstić information content (AvgIpc) is 2.70. The summed E-state index contributed by atoms with van der Waals surface area (Å²) in [6.07, 6.45) is 2.91. The van der Waals surface area contributed by atoms with Crippen LogP contribution in [0.25, 0.3) is 6.08 Å². The van der Waals surface area contributed by atoms with Crippen LogP contribution < -0.4 is 10.6 Å². The number of hydrogen-bond donors (Lipinski definition) is 5. The molecule has 0 saturated heterocycles. The zero-order valence-corrected chi connectivity index (χ0v) is 15.2. The van der Waals surface area contributed by atoms with E-state index in [2.05, 4.69) is 10.6 Å². The van der Waals surface area contributed by atoms with Crippen LogP contribution in [0, 0.1) is 0 Å². The van der Waals surface area contributed by atoms with Gasteiger partial charge in [0.25, 0.3) is 5.91 Å². The van der Waals surface area contributed by atoms with Gasteiger partial charge in [0.15, 0.2) is 11.5 Å². The van der Waals surface area contributed by atoms with Crippen molar-refractivity contribution in [1.29, 1.82) is 0 Å². The number of para-hydroxylation sites is 1. The highest BCUT2D eigenvalue weighted by atomic mass is 16.3. The van der Waals surface area contributed by atoms with Gasteiger partial charge in [0.2, 0.25) is 5.91 Å². The molecule has 0 heterocycles. The number of nitrogens with one attached hydrogen (secondary N) is 2. The lowest BCUT2D eigenvalue weighted by Crippen LogP contribution is -2.11. The molecule has 0 saturated carbocycles. The van der Waals surface area contributed by atoms with Gasteiger partial charge in [-0.2, -0.15) is 0 Å². The van der Waals surface area contributed by atoms with Gasteiger partial charge in [-0.15, -0.1) is 0 Å². The summed E-state index contributed by atoms with van der Waals surface area (Å²) in [6.45, 7) is 0. The van der Waals surface area contributed by atoms with Crippen LogP contribution in [0.4, 0.5) is 11.4 Å². The topological polar surface area (TPSA) is 119 Å². The summed E-state index contributed by atoms with van der Waals surface area (Å²) in [5.74, 6) is -1.53. The molecule has 29 heavy (non-hydrogen) atoms. The fraction of sp³-hybridized carbons (Fsp3) is 0. The summed E-state index contributed by atoms with van der Waals surface area (Å²) in [5.41, 5.74) is 1.79. The Hall–Kier alpha value is -4.26. The summed E-state index contributed by atoms with van der Waals surface area (Å²) in [5, 5.41) is 33.7. The Bertz CT molecular complexity index is 1070. The first-order chi connectivity index (χ1) is 13.9. The molecule has 0 aromatic heterocycles. The van der Waals surface area contributed by atoms with Crippen LogP contribution in [-0.2, 0) is 4.79 Å². The first-order valence-electron chi connectivity index (χ1n) is 8.63. The van der Waals surface area contributed by atoms with Gasteiger partial charge in [0.1, 0.15) is 5.75 Å². The Labute approximate surface area is 166 Å². The predicted molar refractivity (Wildman–Crippen MR) is 110 cm³/mol. The van der Waals surface area contributed by atoms with Crippen LogP contribution in [0.5, 0.6) is 17.2 Å². The lowest BCUT2D eigenvalue weighted by Gasteiger charge is -2.07. The predicted octanol–water partition coefficient (Wildman–Crippen LogP) is 3.71. The molecule has 146 valence electrons. The molecule has 0 aliphatic rings. The zero-order chi connectivity index (χ0) is 20.8. The van der Waals surface area contributed by atoms with Crippen LogP contribution in [0.15, 0.2) is 72.8 Å². The number of rotatable bonds is 5. The molecule has 0 aliphatic heterocycles. The number of aromatic hydroxyl groups is 3. The number of benzene rings is 3. The van der Waals surface area contributed by atoms with Crippen molar-refractivity contribution in [3.05, 3.63) is 83.9 Å². The number of phenolic OH excluding ortho intramolecular Hbond substituents is 3. The van der Waals surface area contributed by atoms with E-state index in [0.29, 0.717) is 11.4 Å². The van der Waals surface area contributed by atoms with Crippen LogP contribution in [0.3, 0.4) is 0 Å². The lowest BCUT2D eigenvalue weighted by molar-refractivity contribution is -0.111. The second-order valence-corrected chi connectivity index (χ2v) is 6.12. The van der Waals surface area contributed by atoms with Crippen molar-refractivity contribution < 1.29 is 24.9 Å². The highest BCUT2D eigenvalue weighted by Crippen LogP contribution is 2.27. The first kappa shape index (κ1) is 19.5. The molecule has 7 nitrogen and oxygen atoms in total. The molecule has 5 N–H and O–H groups in total. The number of hydrogen-bond acceptors (Lipinski definition) is 5. The van der Waals surface area contributed by atoms with Crippen LogP contribution >= 0.6 is 0 Å². The number of carbonyl (C=O) groups excluding carboxylic acids is 2. The molecule has 0 fully saturated rings. The number of phenols is 3. The normalized spacial score (nSPS) is 10.6. The van der Waals surface area contributed by atoms with E-state index in [1.807, 2.05) is 0 Å². The number of carbonyl (C=O) groups is 2. The maximum Gasteiger partial charge on any atom is 0.259 e. The van der Waals surface area contributed by atoms with Gasteiger partial charge < -0.3 is 26.0 Å². The van der Waals surface area contributed by atoms with Crippen molar-refractivity contribution in [3.8, 4) is 17.2 Å². The molecule has 3 aromatic rings.